The largest absolute Gasteiger partial charge is 0.325 e. The summed E-state index contributed by atoms with van der Waals surface area (Å²) < 4.78 is 0. The Hall–Kier alpha value is -1.80. The third-order valence-electron chi connectivity index (χ3n) is 3.01. The number of carbonyl (C=O) groups is 1. The van der Waals surface area contributed by atoms with Crippen LogP contribution < -0.4 is 5.32 Å². The SMILES string of the molecule is O=C1Nc2ccccc2C1c1ccccc1Cl. The lowest BCUT2D eigenvalue weighted by atomic mass is 9.93. The van der Waals surface area contributed by atoms with Gasteiger partial charge >= 0.3 is 0 Å². The summed E-state index contributed by atoms with van der Waals surface area (Å²) in [5.41, 5.74) is 2.73. The zero-order valence-electron chi connectivity index (χ0n) is 8.98. The van der Waals surface area contributed by atoms with Crippen molar-refractivity contribution in [2.24, 2.45) is 0 Å². The van der Waals surface area contributed by atoms with E-state index in [9.17, 15) is 4.79 Å². The minimum Gasteiger partial charge on any atom is -0.325 e. The van der Waals surface area contributed by atoms with E-state index < -0.39 is 0 Å². The molecule has 1 N–H and O–H groups in total. The molecule has 3 heteroatoms. The van der Waals surface area contributed by atoms with Gasteiger partial charge in [-0.3, -0.25) is 4.79 Å². The molecule has 0 fully saturated rings. The molecule has 0 radical (unpaired) electrons. The van der Waals surface area contributed by atoms with Gasteiger partial charge in [-0.2, -0.15) is 0 Å². The van der Waals surface area contributed by atoms with Crippen LogP contribution in [0.1, 0.15) is 17.0 Å². The van der Waals surface area contributed by atoms with Crippen LogP contribution in [0.3, 0.4) is 0 Å². The quantitative estimate of drug-likeness (QED) is 0.817. The Morgan fingerprint density at radius 3 is 2.35 bits per heavy atom. The Kier molecular flexibility index (Phi) is 2.37. The summed E-state index contributed by atoms with van der Waals surface area (Å²) in [7, 11) is 0. The second kappa shape index (κ2) is 3.90. The molecule has 0 saturated heterocycles. The van der Waals surface area contributed by atoms with E-state index in [1.165, 1.54) is 0 Å². The van der Waals surface area contributed by atoms with Gasteiger partial charge in [0.1, 0.15) is 0 Å². The van der Waals surface area contributed by atoms with Crippen LogP contribution in [0.15, 0.2) is 48.5 Å². The maximum Gasteiger partial charge on any atom is 0.236 e. The molecule has 17 heavy (non-hydrogen) atoms. The Labute approximate surface area is 104 Å². The number of hydrogen-bond acceptors (Lipinski definition) is 1. The molecule has 1 unspecified atom stereocenters. The van der Waals surface area contributed by atoms with Gasteiger partial charge in [0.25, 0.3) is 0 Å². The summed E-state index contributed by atoms with van der Waals surface area (Å²) in [4.78, 5) is 12.0. The normalized spacial score (nSPS) is 17.7. The molecule has 2 nitrogen and oxygen atoms in total. The Bertz CT molecular complexity index is 594. The van der Waals surface area contributed by atoms with E-state index >= 15 is 0 Å². The number of para-hydroxylation sites is 1. The van der Waals surface area contributed by atoms with Crippen molar-refractivity contribution in [1.82, 2.24) is 0 Å². The smallest absolute Gasteiger partial charge is 0.236 e. The molecular weight excluding hydrogens is 234 g/mol. The molecule has 2 aromatic carbocycles. The van der Waals surface area contributed by atoms with E-state index in [0.717, 1.165) is 16.8 Å². The minimum absolute atomic E-state index is 0.0145. The average molecular weight is 244 g/mol. The first-order valence-corrected chi connectivity index (χ1v) is 5.79. The lowest BCUT2D eigenvalue weighted by Gasteiger charge is -2.10. The number of nitrogens with one attached hydrogen (secondary N) is 1. The number of rotatable bonds is 1. The zero-order chi connectivity index (χ0) is 11.8. The first kappa shape index (κ1) is 10.4. The summed E-state index contributed by atoms with van der Waals surface area (Å²) in [5.74, 6) is -0.306. The van der Waals surface area contributed by atoms with Crippen LogP contribution in [0.4, 0.5) is 5.69 Å². The fourth-order valence-electron chi connectivity index (χ4n) is 2.23. The molecule has 1 atom stereocenters. The summed E-state index contributed by atoms with van der Waals surface area (Å²) >= 11 is 6.16. The monoisotopic (exact) mass is 243 g/mol. The first-order chi connectivity index (χ1) is 8.27. The minimum atomic E-state index is -0.292. The molecular formula is C14H10ClNO. The maximum absolute atomic E-state index is 12.0. The van der Waals surface area contributed by atoms with Gasteiger partial charge in [-0.25, -0.2) is 0 Å². The van der Waals surface area contributed by atoms with Gasteiger partial charge in [-0.15, -0.1) is 0 Å². The van der Waals surface area contributed by atoms with Crippen molar-refractivity contribution in [2.45, 2.75) is 5.92 Å². The molecule has 0 saturated carbocycles. The van der Waals surface area contributed by atoms with E-state index in [0.29, 0.717) is 5.02 Å². The predicted molar refractivity (Wildman–Crippen MR) is 68.4 cm³/mol. The number of hydrogen-bond donors (Lipinski definition) is 1. The van der Waals surface area contributed by atoms with E-state index in [1.54, 1.807) is 0 Å². The number of halogens is 1. The Morgan fingerprint density at radius 1 is 0.941 bits per heavy atom. The molecule has 84 valence electrons. The van der Waals surface area contributed by atoms with Gasteiger partial charge < -0.3 is 5.32 Å². The summed E-state index contributed by atoms with van der Waals surface area (Å²) in [5, 5.41) is 3.50. The molecule has 1 aliphatic rings. The van der Waals surface area contributed by atoms with Crippen LogP contribution in [0.5, 0.6) is 0 Å². The molecule has 0 bridgehead atoms. The second-order valence-corrected chi connectivity index (χ2v) is 4.44. The van der Waals surface area contributed by atoms with Crippen LogP contribution in [0, 0.1) is 0 Å². The summed E-state index contributed by atoms with van der Waals surface area (Å²) in [6.07, 6.45) is 0. The highest BCUT2D eigenvalue weighted by atomic mass is 35.5. The van der Waals surface area contributed by atoms with E-state index in [4.69, 9.17) is 11.6 Å². The van der Waals surface area contributed by atoms with Crippen LogP contribution in [0.2, 0.25) is 5.02 Å². The standard InChI is InChI=1S/C14H10ClNO/c15-11-7-3-1-5-9(11)13-10-6-2-4-8-12(10)16-14(13)17/h1-8,13H,(H,16,17). The number of amides is 1. The van der Waals surface area contributed by atoms with Gasteiger partial charge in [-0.05, 0) is 23.3 Å². The maximum atomic E-state index is 12.0. The molecule has 1 amide bonds. The Balaban J connectivity index is 2.16. The zero-order valence-corrected chi connectivity index (χ0v) is 9.74. The van der Waals surface area contributed by atoms with Crippen molar-refractivity contribution in [3.63, 3.8) is 0 Å². The summed E-state index contributed by atoms with van der Waals surface area (Å²) in [6.45, 7) is 0. The van der Waals surface area contributed by atoms with Gasteiger partial charge in [0.2, 0.25) is 5.91 Å². The molecule has 1 aliphatic heterocycles. The number of fused-ring (bicyclic) bond motifs is 1. The first-order valence-electron chi connectivity index (χ1n) is 5.41. The molecule has 2 aromatic rings. The van der Waals surface area contributed by atoms with Crippen molar-refractivity contribution in [1.29, 1.82) is 0 Å². The van der Waals surface area contributed by atoms with Crippen molar-refractivity contribution in [3.8, 4) is 0 Å². The van der Waals surface area contributed by atoms with Crippen LogP contribution in [-0.2, 0) is 4.79 Å². The third-order valence-corrected chi connectivity index (χ3v) is 3.35. The van der Waals surface area contributed by atoms with E-state index in [-0.39, 0.29) is 11.8 Å². The Morgan fingerprint density at radius 2 is 1.59 bits per heavy atom. The van der Waals surface area contributed by atoms with Gasteiger partial charge in [0.15, 0.2) is 0 Å². The van der Waals surface area contributed by atoms with Crippen molar-refractivity contribution >= 4 is 23.2 Å². The van der Waals surface area contributed by atoms with Crippen LogP contribution >= 0.6 is 11.6 Å². The van der Waals surface area contributed by atoms with Crippen molar-refractivity contribution < 1.29 is 4.79 Å². The topological polar surface area (TPSA) is 29.1 Å². The van der Waals surface area contributed by atoms with E-state index in [2.05, 4.69) is 5.32 Å². The second-order valence-electron chi connectivity index (χ2n) is 4.03. The third kappa shape index (κ3) is 1.61. The molecule has 0 aliphatic carbocycles. The number of anilines is 1. The lowest BCUT2D eigenvalue weighted by Crippen LogP contribution is -2.13. The fraction of sp³-hybridized carbons (Fsp3) is 0.0714. The molecule has 0 spiro atoms. The highest BCUT2D eigenvalue weighted by Gasteiger charge is 2.32. The number of benzene rings is 2. The van der Waals surface area contributed by atoms with Gasteiger partial charge in [0.05, 0.1) is 5.92 Å². The van der Waals surface area contributed by atoms with Crippen molar-refractivity contribution in [2.75, 3.05) is 5.32 Å². The van der Waals surface area contributed by atoms with Crippen LogP contribution in [0.25, 0.3) is 0 Å². The molecule has 1 heterocycles. The van der Waals surface area contributed by atoms with Gasteiger partial charge in [0, 0.05) is 10.7 Å². The predicted octanol–water partition coefficient (Wildman–Crippen LogP) is 3.42. The summed E-state index contributed by atoms with van der Waals surface area (Å²) in [6, 6.07) is 15.2. The highest BCUT2D eigenvalue weighted by Crippen LogP contribution is 2.39. The number of carbonyl (C=O) groups excluding carboxylic acids is 1. The van der Waals surface area contributed by atoms with E-state index in [1.807, 2.05) is 48.5 Å². The molecule has 0 aromatic heterocycles. The van der Waals surface area contributed by atoms with Crippen molar-refractivity contribution in [3.05, 3.63) is 64.7 Å². The fourth-order valence-corrected chi connectivity index (χ4v) is 2.47. The highest BCUT2D eigenvalue weighted by molar-refractivity contribution is 6.32. The molecule has 3 rings (SSSR count). The lowest BCUT2D eigenvalue weighted by molar-refractivity contribution is -0.116. The van der Waals surface area contributed by atoms with Gasteiger partial charge in [-0.1, -0.05) is 48.0 Å². The van der Waals surface area contributed by atoms with Crippen LogP contribution in [-0.4, -0.2) is 5.91 Å². The average Bonchev–Trinajstić information content (AvgIpc) is 2.66.